The fraction of sp³-hybridized carbons (Fsp3) is 0.950. The Balaban J connectivity index is 3.46. The average molecular weight is 919 g/mol. The molecular weight excluding hydrogens is 799 g/mol. The van der Waals surface area contributed by atoms with Crippen molar-refractivity contribution in [3.05, 3.63) is 12.2 Å². The van der Waals surface area contributed by atoms with Crippen molar-refractivity contribution < 1.29 is 20.1 Å². The summed E-state index contributed by atoms with van der Waals surface area (Å²) in [4.78, 5) is 12.5. The van der Waals surface area contributed by atoms with Gasteiger partial charge in [0.05, 0.1) is 18.8 Å². The minimum atomic E-state index is -1.13. The molecule has 0 heterocycles. The summed E-state index contributed by atoms with van der Waals surface area (Å²) in [6.45, 7) is 4.22. The highest BCUT2D eigenvalue weighted by atomic mass is 16.3. The highest BCUT2D eigenvalue weighted by molar-refractivity contribution is 5.76. The van der Waals surface area contributed by atoms with Crippen LogP contribution in [-0.2, 0) is 4.79 Å². The smallest absolute Gasteiger partial charge is 0.220 e. The zero-order chi connectivity index (χ0) is 47.2. The van der Waals surface area contributed by atoms with E-state index in [0.29, 0.717) is 12.8 Å². The number of hydrogen-bond acceptors (Lipinski definition) is 4. The summed E-state index contributed by atoms with van der Waals surface area (Å²) < 4.78 is 0. The Labute approximate surface area is 408 Å². The third-order valence-electron chi connectivity index (χ3n) is 14.4. The number of carbonyl (C=O) groups is 1. The lowest BCUT2D eigenvalue weighted by atomic mass is 9.99. The molecule has 5 nitrogen and oxygen atoms in total. The van der Waals surface area contributed by atoms with Gasteiger partial charge in [-0.15, -0.1) is 0 Å². The van der Waals surface area contributed by atoms with E-state index in [2.05, 4.69) is 31.3 Å². The van der Waals surface area contributed by atoms with E-state index in [1.807, 2.05) is 0 Å². The number of carbonyl (C=O) groups excluding carboxylic acids is 1. The Hall–Kier alpha value is -0.910. The molecule has 65 heavy (non-hydrogen) atoms. The van der Waals surface area contributed by atoms with Crippen LogP contribution in [0.25, 0.3) is 0 Å². The molecule has 0 radical (unpaired) electrons. The SMILES string of the molecule is CCCCCCCCCCCCCC/C=C\CCCCCCCCCCCCCCCCCCCC(=O)NC(CO)C(O)C(O)CCCCCCCCCCCCCCCCCCCC. The summed E-state index contributed by atoms with van der Waals surface area (Å²) in [5.74, 6) is -0.137. The fourth-order valence-electron chi connectivity index (χ4n) is 9.75. The zero-order valence-corrected chi connectivity index (χ0v) is 44.4. The van der Waals surface area contributed by atoms with E-state index >= 15 is 0 Å². The second kappa shape index (κ2) is 55.7. The lowest BCUT2D eigenvalue weighted by Gasteiger charge is -2.26. The third-order valence-corrected chi connectivity index (χ3v) is 14.4. The van der Waals surface area contributed by atoms with Gasteiger partial charge in [0, 0.05) is 6.42 Å². The standard InChI is InChI=1S/C60H119NO4/c1-3-5-7-9-11-13-15-17-19-21-23-24-25-26-27-28-29-30-31-32-33-34-35-36-37-39-41-43-45-47-49-51-53-55-59(64)61-57(56-62)60(65)58(63)54-52-50-48-46-44-42-40-38-22-20-18-16-14-12-10-8-6-4-2/h26-27,57-58,60,62-63,65H,3-25,28-56H2,1-2H3,(H,61,64)/b27-26-. The van der Waals surface area contributed by atoms with Crippen LogP contribution in [0.5, 0.6) is 0 Å². The predicted octanol–water partition coefficient (Wildman–Crippen LogP) is 18.7. The molecule has 0 aromatic heterocycles. The van der Waals surface area contributed by atoms with Gasteiger partial charge < -0.3 is 20.6 Å². The van der Waals surface area contributed by atoms with Gasteiger partial charge in [-0.25, -0.2) is 0 Å². The van der Waals surface area contributed by atoms with Gasteiger partial charge in [0.1, 0.15) is 6.10 Å². The van der Waals surface area contributed by atoms with Crippen molar-refractivity contribution in [1.29, 1.82) is 0 Å². The molecular formula is C60H119NO4. The Morgan fingerprint density at radius 3 is 0.892 bits per heavy atom. The number of aliphatic hydroxyl groups excluding tert-OH is 3. The van der Waals surface area contributed by atoms with Crippen molar-refractivity contribution in [2.45, 2.75) is 360 Å². The van der Waals surface area contributed by atoms with E-state index in [1.165, 1.54) is 283 Å². The first-order chi connectivity index (χ1) is 32.1. The molecule has 3 unspecified atom stereocenters. The second-order valence-corrected chi connectivity index (χ2v) is 20.9. The first-order valence-corrected chi connectivity index (χ1v) is 30.0. The Kier molecular flexibility index (Phi) is 54.9. The van der Waals surface area contributed by atoms with E-state index in [-0.39, 0.29) is 12.5 Å². The van der Waals surface area contributed by atoms with Crippen LogP contribution in [0.4, 0.5) is 0 Å². The minimum absolute atomic E-state index is 0.137. The van der Waals surface area contributed by atoms with Gasteiger partial charge in [-0.2, -0.15) is 0 Å². The fourth-order valence-corrected chi connectivity index (χ4v) is 9.75. The molecule has 0 fully saturated rings. The number of aliphatic hydroxyl groups is 3. The number of hydrogen-bond donors (Lipinski definition) is 4. The molecule has 0 aliphatic heterocycles. The summed E-state index contributed by atoms with van der Waals surface area (Å²) in [5.41, 5.74) is 0. The third kappa shape index (κ3) is 50.8. The van der Waals surface area contributed by atoms with Crippen LogP contribution in [-0.4, -0.2) is 46.1 Å². The van der Waals surface area contributed by atoms with Gasteiger partial charge >= 0.3 is 0 Å². The van der Waals surface area contributed by atoms with Crippen molar-refractivity contribution in [3.8, 4) is 0 Å². The first kappa shape index (κ1) is 64.1. The molecule has 3 atom stereocenters. The van der Waals surface area contributed by atoms with Crippen LogP contribution in [0.1, 0.15) is 341 Å². The molecule has 0 aliphatic rings. The molecule has 0 saturated heterocycles. The first-order valence-electron chi connectivity index (χ1n) is 30.0. The molecule has 0 saturated carbocycles. The highest BCUT2D eigenvalue weighted by Crippen LogP contribution is 2.18. The van der Waals surface area contributed by atoms with E-state index in [1.54, 1.807) is 0 Å². The largest absolute Gasteiger partial charge is 0.394 e. The van der Waals surface area contributed by atoms with Gasteiger partial charge in [0.2, 0.25) is 5.91 Å². The number of allylic oxidation sites excluding steroid dienone is 2. The molecule has 5 heteroatoms. The van der Waals surface area contributed by atoms with Gasteiger partial charge in [0.25, 0.3) is 0 Å². The molecule has 0 bridgehead atoms. The van der Waals surface area contributed by atoms with Crippen molar-refractivity contribution in [2.75, 3.05) is 6.61 Å². The van der Waals surface area contributed by atoms with Gasteiger partial charge in [0.15, 0.2) is 0 Å². The molecule has 0 spiro atoms. The quantitative estimate of drug-likeness (QED) is 0.0361. The number of unbranched alkanes of at least 4 members (excludes halogenated alkanes) is 46. The molecule has 4 N–H and O–H groups in total. The molecule has 0 aliphatic carbocycles. The summed E-state index contributed by atoms with van der Waals surface area (Å²) in [6.07, 6.45) is 69.6. The minimum Gasteiger partial charge on any atom is -0.394 e. The lowest BCUT2D eigenvalue weighted by Crippen LogP contribution is -2.50. The maximum Gasteiger partial charge on any atom is 0.220 e. The predicted molar refractivity (Wildman–Crippen MR) is 287 cm³/mol. The van der Waals surface area contributed by atoms with Crippen LogP contribution in [0.3, 0.4) is 0 Å². The summed E-state index contributed by atoms with van der Waals surface area (Å²) in [5, 5.41) is 33.8. The molecule has 0 aromatic rings. The highest BCUT2D eigenvalue weighted by Gasteiger charge is 2.26. The van der Waals surface area contributed by atoms with E-state index in [9.17, 15) is 20.1 Å². The van der Waals surface area contributed by atoms with E-state index in [0.717, 1.165) is 32.1 Å². The zero-order valence-electron chi connectivity index (χ0n) is 44.4. The second-order valence-electron chi connectivity index (χ2n) is 20.9. The average Bonchev–Trinajstić information content (AvgIpc) is 3.31. The number of rotatable bonds is 56. The molecule has 0 aromatic carbocycles. The normalized spacial score (nSPS) is 13.2. The van der Waals surface area contributed by atoms with Crippen molar-refractivity contribution in [2.24, 2.45) is 0 Å². The Morgan fingerprint density at radius 2 is 0.615 bits per heavy atom. The van der Waals surface area contributed by atoms with Gasteiger partial charge in [-0.05, 0) is 38.5 Å². The van der Waals surface area contributed by atoms with E-state index in [4.69, 9.17) is 0 Å². The monoisotopic (exact) mass is 918 g/mol. The Morgan fingerprint density at radius 1 is 0.369 bits per heavy atom. The van der Waals surface area contributed by atoms with Crippen LogP contribution in [0.15, 0.2) is 12.2 Å². The van der Waals surface area contributed by atoms with Crippen molar-refractivity contribution in [3.63, 3.8) is 0 Å². The Bertz CT molecular complexity index is 925. The van der Waals surface area contributed by atoms with Crippen LogP contribution in [0, 0.1) is 0 Å². The topological polar surface area (TPSA) is 89.8 Å². The molecule has 388 valence electrons. The maximum absolute atomic E-state index is 12.5. The summed E-state index contributed by atoms with van der Waals surface area (Å²) in [7, 11) is 0. The molecule has 1 amide bonds. The van der Waals surface area contributed by atoms with Crippen molar-refractivity contribution in [1.82, 2.24) is 5.32 Å². The maximum atomic E-state index is 12.5. The van der Waals surface area contributed by atoms with Crippen LogP contribution < -0.4 is 5.32 Å². The lowest BCUT2D eigenvalue weighted by molar-refractivity contribution is -0.124. The molecule has 0 rings (SSSR count). The van der Waals surface area contributed by atoms with Gasteiger partial charge in [-0.3, -0.25) is 4.79 Å². The summed E-state index contributed by atoms with van der Waals surface area (Å²) >= 11 is 0. The van der Waals surface area contributed by atoms with E-state index < -0.39 is 18.2 Å². The number of nitrogens with one attached hydrogen (secondary N) is 1. The summed E-state index contributed by atoms with van der Waals surface area (Å²) in [6, 6.07) is -0.806. The number of amides is 1. The van der Waals surface area contributed by atoms with Crippen LogP contribution >= 0.6 is 0 Å². The van der Waals surface area contributed by atoms with Gasteiger partial charge in [-0.1, -0.05) is 309 Å². The van der Waals surface area contributed by atoms with Crippen LogP contribution in [0.2, 0.25) is 0 Å². The van der Waals surface area contributed by atoms with Crippen molar-refractivity contribution >= 4 is 5.91 Å².